The van der Waals surface area contributed by atoms with Crippen LogP contribution in [0, 0.1) is 6.92 Å². The number of alkyl halides is 3. The van der Waals surface area contributed by atoms with Gasteiger partial charge in [-0.05, 0) is 25.5 Å². The Hall–Kier alpha value is -2.62. The summed E-state index contributed by atoms with van der Waals surface area (Å²) in [5, 5.41) is 11.8. The van der Waals surface area contributed by atoms with Crippen molar-refractivity contribution in [3.8, 4) is 10.6 Å². The Morgan fingerprint density at radius 2 is 2.15 bits per heavy atom. The van der Waals surface area contributed by atoms with E-state index < -0.39 is 17.7 Å². The summed E-state index contributed by atoms with van der Waals surface area (Å²) in [7, 11) is 0. The minimum atomic E-state index is -4.47. The van der Waals surface area contributed by atoms with Crippen LogP contribution in [0.1, 0.15) is 24.1 Å². The SMILES string of the molecule is Cc1ncsc1-c1nc2ccc(C(F)(F)F)cn2c1NCCCC(=O)O. The maximum absolute atomic E-state index is 13.1. The van der Waals surface area contributed by atoms with Gasteiger partial charge in [-0.1, -0.05) is 0 Å². The fourth-order valence-electron chi connectivity index (χ4n) is 2.52. The Labute approximate surface area is 150 Å². The maximum Gasteiger partial charge on any atom is 0.417 e. The van der Waals surface area contributed by atoms with Gasteiger partial charge in [-0.15, -0.1) is 11.3 Å². The minimum absolute atomic E-state index is 0.0353. The van der Waals surface area contributed by atoms with Crippen molar-refractivity contribution >= 4 is 28.8 Å². The standard InChI is InChI=1S/C16H15F3N4O2S/c1-9-14(26-8-21-9)13-15(20-6-2-3-12(24)25)23-7-10(16(17,18)19)4-5-11(23)22-13/h4-5,7-8,20H,2-3,6H2,1H3,(H,24,25). The Balaban J connectivity index is 2.05. The Kier molecular flexibility index (Phi) is 4.86. The summed E-state index contributed by atoms with van der Waals surface area (Å²) in [5.41, 5.74) is 2.44. The van der Waals surface area contributed by atoms with Crippen LogP contribution < -0.4 is 5.32 Å². The van der Waals surface area contributed by atoms with Gasteiger partial charge in [-0.2, -0.15) is 13.2 Å². The first-order chi connectivity index (χ1) is 12.3. The number of nitrogens with one attached hydrogen (secondary N) is 1. The van der Waals surface area contributed by atoms with Crippen LogP contribution in [0.5, 0.6) is 0 Å². The molecule has 0 aliphatic heterocycles. The highest BCUT2D eigenvalue weighted by Crippen LogP contribution is 2.36. The number of hydrogen-bond donors (Lipinski definition) is 2. The molecule has 0 spiro atoms. The second kappa shape index (κ2) is 6.94. The molecule has 0 aromatic carbocycles. The van der Waals surface area contributed by atoms with Crippen molar-refractivity contribution in [3.05, 3.63) is 35.1 Å². The quantitative estimate of drug-likeness (QED) is 0.627. The zero-order valence-corrected chi connectivity index (χ0v) is 14.5. The van der Waals surface area contributed by atoms with Crippen LogP contribution in [-0.2, 0) is 11.0 Å². The number of hydrogen-bond acceptors (Lipinski definition) is 5. The van der Waals surface area contributed by atoms with E-state index in [2.05, 4.69) is 15.3 Å². The number of carboxylic acids is 1. The van der Waals surface area contributed by atoms with E-state index in [4.69, 9.17) is 5.11 Å². The molecule has 0 atom stereocenters. The molecule has 3 rings (SSSR count). The van der Waals surface area contributed by atoms with Gasteiger partial charge in [0.15, 0.2) is 0 Å². The first kappa shape index (κ1) is 18.2. The van der Waals surface area contributed by atoms with Crippen molar-refractivity contribution in [2.24, 2.45) is 0 Å². The lowest BCUT2D eigenvalue weighted by molar-refractivity contribution is -0.138. The molecule has 0 fully saturated rings. The van der Waals surface area contributed by atoms with Gasteiger partial charge in [0.1, 0.15) is 17.2 Å². The number of imidazole rings is 1. The maximum atomic E-state index is 13.1. The van der Waals surface area contributed by atoms with E-state index >= 15 is 0 Å². The number of rotatable bonds is 6. The van der Waals surface area contributed by atoms with E-state index in [1.807, 2.05) is 0 Å². The molecule has 0 unspecified atom stereocenters. The number of carboxylic acid groups (broad SMARTS) is 1. The summed E-state index contributed by atoms with van der Waals surface area (Å²) in [4.78, 5) is 20.0. The molecule has 6 nitrogen and oxygen atoms in total. The van der Waals surface area contributed by atoms with E-state index in [1.54, 1.807) is 12.4 Å². The van der Waals surface area contributed by atoms with Gasteiger partial charge in [0.2, 0.25) is 0 Å². The second-order valence-corrected chi connectivity index (χ2v) is 6.50. The highest BCUT2D eigenvalue weighted by atomic mass is 32.1. The van der Waals surface area contributed by atoms with Crippen molar-refractivity contribution in [2.45, 2.75) is 25.9 Å². The van der Waals surface area contributed by atoms with Crippen LogP contribution in [0.3, 0.4) is 0 Å². The molecule has 0 aliphatic rings. The average molecular weight is 384 g/mol. The fraction of sp³-hybridized carbons (Fsp3) is 0.312. The summed E-state index contributed by atoms with van der Waals surface area (Å²) < 4.78 is 40.5. The van der Waals surface area contributed by atoms with Gasteiger partial charge in [-0.3, -0.25) is 9.20 Å². The molecular formula is C16H15F3N4O2S. The summed E-state index contributed by atoms with van der Waals surface area (Å²) in [6, 6.07) is 2.30. The summed E-state index contributed by atoms with van der Waals surface area (Å²) >= 11 is 1.34. The average Bonchev–Trinajstić information content (AvgIpc) is 3.13. The van der Waals surface area contributed by atoms with Crippen molar-refractivity contribution in [1.82, 2.24) is 14.4 Å². The van der Waals surface area contributed by atoms with Crippen molar-refractivity contribution < 1.29 is 23.1 Å². The highest BCUT2D eigenvalue weighted by Gasteiger charge is 2.31. The van der Waals surface area contributed by atoms with E-state index in [9.17, 15) is 18.0 Å². The molecule has 10 heteroatoms. The number of nitrogens with zero attached hydrogens (tertiary/aromatic N) is 3. The third-order valence-electron chi connectivity index (χ3n) is 3.77. The number of pyridine rings is 1. The third kappa shape index (κ3) is 3.64. The number of thiazole rings is 1. The van der Waals surface area contributed by atoms with Gasteiger partial charge >= 0.3 is 12.1 Å². The monoisotopic (exact) mass is 384 g/mol. The number of aliphatic carboxylic acids is 1. The van der Waals surface area contributed by atoms with Crippen LogP contribution in [-0.4, -0.2) is 32.0 Å². The largest absolute Gasteiger partial charge is 0.481 e. The summed E-state index contributed by atoms with van der Waals surface area (Å²) in [6.45, 7) is 2.09. The topological polar surface area (TPSA) is 79.5 Å². The zero-order valence-electron chi connectivity index (χ0n) is 13.7. The van der Waals surface area contributed by atoms with Crippen molar-refractivity contribution in [3.63, 3.8) is 0 Å². The summed E-state index contributed by atoms with van der Waals surface area (Å²) in [5.74, 6) is -0.535. The number of aryl methyl sites for hydroxylation is 1. The minimum Gasteiger partial charge on any atom is -0.481 e. The third-order valence-corrected chi connectivity index (χ3v) is 4.70. The van der Waals surface area contributed by atoms with Gasteiger partial charge in [0.05, 0.1) is 21.6 Å². The van der Waals surface area contributed by atoms with Gasteiger partial charge in [0, 0.05) is 19.2 Å². The molecule has 0 saturated heterocycles. The zero-order chi connectivity index (χ0) is 18.9. The van der Waals surface area contributed by atoms with Crippen LogP contribution in [0.4, 0.5) is 19.0 Å². The molecule has 3 aromatic rings. The van der Waals surface area contributed by atoms with Crippen molar-refractivity contribution in [2.75, 3.05) is 11.9 Å². The lowest BCUT2D eigenvalue weighted by Gasteiger charge is -2.10. The summed E-state index contributed by atoms with van der Waals surface area (Å²) in [6.07, 6.45) is -3.18. The molecule has 2 N–H and O–H groups in total. The van der Waals surface area contributed by atoms with Crippen LogP contribution in [0.15, 0.2) is 23.8 Å². The van der Waals surface area contributed by atoms with Crippen LogP contribution >= 0.6 is 11.3 Å². The first-order valence-corrected chi connectivity index (χ1v) is 8.61. The molecule has 0 saturated carbocycles. The smallest absolute Gasteiger partial charge is 0.417 e. The molecule has 26 heavy (non-hydrogen) atoms. The molecule has 0 aliphatic carbocycles. The fourth-order valence-corrected chi connectivity index (χ4v) is 3.31. The highest BCUT2D eigenvalue weighted by molar-refractivity contribution is 7.13. The normalized spacial score (nSPS) is 11.8. The number of anilines is 1. The molecule has 3 heterocycles. The van der Waals surface area contributed by atoms with Gasteiger partial charge in [0.25, 0.3) is 0 Å². The molecule has 3 aromatic heterocycles. The second-order valence-electron chi connectivity index (χ2n) is 5.64. The Bertz CT molecular complexity index is 949. The molecule has 0 amide bonds. The molecule has 0 radical (unpaired) electrons. The predicted octanol–water partition coefficient (Wildman–Crippen LogP) is 4.06. The Morgan fingerprint density at radius 3 is 2.77 bits per heavy atom. The van der Waals surface area contributed by atoms with Gasteiger partial charge in [-0.25, -0.2) is 9.97 Å². The molecular weight excluding hydrogens is 369 g/mol. The number of carbonyl (C=O) groups is 1. The van der Waals surface area contributed by atoms with Crippen molar-refractivity contribution in [1.29, 1.82) is 0 Å². The number of fused-ring (bicyclic) bond motifs is 1. The lowest BCUT2D eigenvalue weighted by atomic mass is 10.2. The Morgan fingerprint density at radius 1 is 1.38 bits per heavy atom. The predicted molar refractivity (Wildman–Crippen MR) is 91.4 cm³/mol. The first-order valence-electron chi connectivity index (χ1n) is 7.73. The van der Waals surface area contributed by atoms with Crippen LogP contribution in [0.2, 0.25) is 0 Å². The van der Waals surface area contributed by atoms with E-state index in [-0.39, 0.29) is 6.42 Å². The number of aromatic nitrogens is 3. The van der Waals surface area contributed by atoms with Crippen LogP contribution in [0.25, 0.3) is 16.2 Å². The number of halogens is 3. The molecule has 138 valence electrons. The van der Waals surface area contributed by atoms with E-state index in [1.165, 1.54) is 21.8 Å². The molecule has 0 bridgehead atoms. The van der Waals surface area contributed by atoms with E-state index in [0.717, 1.165) is 22.8 Å². The van der Waals surface area contributed by atoms with E-state index in [0.29, 0.717) is 30.1 Å². The lowest BCUT2D eigenvalue weighted by Crippen LogP contribution is -2.09. The van der Waals surface area contributed by atoms with Gasteiger partial charge < -0.3 is 10.4 Å².